The van der Waals surface area contributed by atoms with Gasteiger partial charge in [-0.05, 0) is 82.0 Å². The predicted molar refractivity (Wildman–Crippen MR) is 101 cm³/mol. The maximum absolute atomic E-state index is 12.6. The Kier molecular flexibility index (Phi) is 4.84. The fourth-order valence-corrected chi connectivity index (χ4v) is 4.34. The van der Waals surface area contributed by atoms with Crippen molar-refractivity contribution in [2.75, 3.05) is 5.32 Å². The Bertz CT molecular complexity index is 779. The fourth-order valence-electron chi connectivity index (χ4n) is 4.34. The van der Waals surface area contributed by atoms with Crippen LogP contribution in [0.25, 0.3) is 5.69 Å². The predicted octanol–water partition coefficient (Wildman–Crippen LogP) is 2.86. The minimum Gasteiger partial charge on any atom is -0.326 e. The SMILES string of the molecule is Cc1nnnn1-c1cccc(NC(=O)CC2CC(C)(C)NC(C)(C)C2)c1. The Balaban J connectivity index is 1.66. The molecule has 1 aromatic carbocycles. The maximum atomic E-state index is 12.6. The molecule has 0 bridgehead atoms. The zero-order chi connectivity index (χ0) is 18.9. The quantitative estimate of drug-likeness (QED) is 0.880. The van der Waals surface area contributed by atoms with Crippen molar-refractivity contribution in [3.8, 4) is 5.69 Å². The number of carbonyl (C=O) groups excluding carboxylic acids is 1. The molecule has 2 N–H and O–H groups in total. The molecule has 1 aliphatic heterocycles. The van der Waals surface area contributed by atoms with Crippen LogP contribution in [0, 0.1) is 12.8 Å². The zero-order valence-corrected chi connectivity index (χ0v) is 16.2. The molecule has 1 aromatic heterocycles. The Morgan fingerprint density at radius 3 is 2.58 bits per heavy atom. The first-order valence-corrected chi connectivity index (χ1v) is 9.08. The van der Waals surface area contributed by atoms with Crippen molar-refractivity contribution in [2.24, 2.45) is 5.92 Å². The highest BCUT2D eigenvalue weighted by Gasteiger charge is 2.38. The first kappa shape index (κ1) is 18.5. The molecule has 140 valence electrons. The van der Waals surface area contributed by atoms with Gasteiger partial charge in [0.05, 0.1) is 5.69 Å². The van der Waals surface area contributed by atoms with Gasteiger partial charge in [-0.3, -0.25) is 4.79 Å². The molecule has 1 aliphatic rings. The van der Waals surface area contributed by atoms with Crippen molar-refractivity contribution < 1.29 is 4.79 Å². The third-order valence-corrected chi connectivity index (χ3v) is 4.75. The monoisotopic (exact) mass is 356 g/mol. The first-order chi connectivity index (χ1) is 12.1. The summed E-state index contributed by atoms with van der Waals surface area (Å²) in [5, 5.41) is 18.2. The molecule has 2 heterocycles. The summed E-state index contributed by atoms with van der Waals surface area (Å²) < 4.78 is 1.65. The molecule has 1 amide bonds. The van der Waals surface area contributed by atoms with Crippen LogP contribution < -0.4 is 10.6 Å². The largest absolute Gasteiger partial charge is 0.326 e. The van der Waals surface area contributed by atoms with Crippen LogP contribution in [0.3, 0.4) is 0 Å². The lowest BCUT2D eigenvalue weighted by Crippen LogP contribution is -2.58. The minimum absolute atomic E-state index is 0.0459. The van der Waals surface area contributed by atoms with Gasteiger partial charge in [0.25, 0.3) is 0 Å². The first-order valence-electron chi connectivity index (χ1n) is 9.08. The smallest absolute Gasteiger partial charge is 0.224 e. The van der Waals surface area contributed by atoms with Gasteiger partial charge in [-0.1, -0.05) is 6.07 Å². The van der Waals surface area contributed by atoms with Crippen molar-refractivity contribution in [3.05, 3.63) is 30.1 Å². The number of aromatic nitrogens is 4. The summed E-state index contributed by atoms with van der Waals surface area (Å²) in [7, 11) is 0. The molecule has 0 spiro atoms. The molecule has 2 aromatic rings. The number of hydrogen-bond donors (Lipinski definition) is 2. The fraction of sp³-hybridized carbons (Fsp3) is 0.579. The second kappa shape index (κ2) is 6.79. The Labute approximate surface area is 154 Å². The average molecular weight is 356 g/mol. The zero-order valence-electron chi connectivity index (χ0n) is 16.2. The van der Waals surface area contributed by atoms with Gasteiger partial charge in [0.2, 0.25) is 5.91 Å². The van der Waals surface area contributed by atoms with E-state index in [9.17, 15) is 4.79 Å². The van der Waals surface area contributed by atoms with Gasteiger partial charge < -0.3 is 10.6 Å². The van der Waals surface area contributed by atoms with Gasteiger partial charge in [0, 0.05) is 23.2 Å². The van der Waals surface area contributed by atoms with Crippen LogP contribution in [0.2, 0.25) is 0 Å². The van der Waals surface area contributed by atoms with E-state index in [0.29, 0.717) is 18.2 Å². The normalized spacial score (nSPS) is 19.3. The number of piperidine rings is 1. The summed E-state index contributed by atoms with van der Waals surface area (Å²) in [5.74, 6) is 1.12. The van der Waals surface area contributed by atoms with Crippen molar-refractivity contribution in [1.29, 1.82) is 0 Å². The average Bonchev–Trinajstić information content (AvgIpc) is 2.90. The van der Waals surface area contributed by atoms with Gasteiger partial charge in [0.15, 0.2) is 5.82 Å². The molecule has 3 rings (SSSR count). The number of anilines is 1. The lowest BCUT2D eigenvalue weighted by molar-refractivity contribution is -0.117. The highest BCUT2D eigenvalue weighted by Crippen LogP contribution is 2.34. The number of carbonyl (C=O) groups is 1. The van der Waals surface area contributed by atoms with Gasteiger partial charge in [0.1, 0.15) is 0 Å². The number of hydrogen-bond acceptors (Lipinski definition) is 5. The molecule has 0 saturated carbocycles. The van der Waals surface area contributed by atoms with E-state index in [1.807, 2.05) is 31.2 Å². The van der Waals surface area contributed by atoms with Crippen molar-refractivity contribution in [1.82, 2.24) is 25.5 Å². The van der Waals surface area contributed by atoms with Crippen LogP contribution in [0.1, 0.15) is 52.8 Å². The Morgan fingerprint density at radius 2 is 1.96 bits per heavy atom. The summed E-state index contributed by atoms with van der Waals surface area (Å²) in [6, 6.07) is 7.58. The van der Waals surface area contributed by atoms with Crippen molar-refractivity contribution in [2.45, 2.75) is 65.0 Å². The topological polar surface area (TPSA) is 84.7 Å². The van der Waals surface area contributed by atoms with E-state index in [0.717, 1.165) is 24.2 Å². The van der Waals surface area contributed by atoms with Gasteiger partial charge in [-0.15, -0.1) is 5.10 Å². The van der Waals surface area contributed by atoms with Crippen LogP contribution >= 0.6 is 0 Å². The summed E-state index contributed by atoms with van der Waals surface area (Å²) in [6.07, 6.45) is 2.52. The molecule has 0 aliphatic carbocycles. The van der Waals surface area contributed by atoms with Crippen LogP contribution in [-0.4, -0.2) is 37.2 Å². The van der Waals surface area contributed by atoms with Crippen LogP contribution in [-0.2, 0) is 4.79 Å². The van der Waals surface area contributed by atoms with E-state index in [4.69, 9.17) is 0 Å². The van der Waals surface area contributed by atoms with Crippen LogP contribution in [0.5, 0.6) is 0 Å². The Morgan fingerprint density at radius 1 is 1.27 bits per heavy atom. The number of nitrogens with zero attached hydrogens (tertiary/aromatic N) is 4. The highest BCUT2D eigenvalue weighted by atomic mass is 16.1. The van der Waals surface area contributed by atoms with E-state index < -0.39 is 0 Å². The second-order valence-electron chi connectivity index (χ2n) is 8.61. The van der Waals surface area contributed by atoms with Crippen LogP contribution in [0.4, 0.5) is 5.69 Å². The molecular formula is C19H28N6O. The molecular weight excluding hydrogens is 328 g/mol. The molecule has 0 radical (unpaired) electrons. The van der Waals surface area contributed by atoms with Gasteiger partial charge in [-0.2, -0.15) is 4.68 Å². The molecule has 1 fully saturated rings. The summed E-state index contributed by atoms with van der Waals surface area (Å²) in [5.41, 5.74) is 1.68. The van der Waals surface area contributed by atoms with E-state index >= 15 is 0 Å². The van der Waals surface area contributed by atoms with E-state index in [1.54, 1.807) is 4.68 Å². The molecule has 7 heteroatoms. The number of rotatable bonds is 4. The van der Waals surface area contributed by atoms with Crippen LogP contribution in [0.15, 0.2) is 24.3 Å². The van der Waals surface area contributed by atoms with Crippen molar-refractivity contribution >= 4 is 11.6 Å². The maximum Gasteiger partial charge on any atom is 0.224 e. The molecule has 7 nitrogen and oxygen atoms in total. The van der Waals surface area contributed by atoms with E-state index in [1.165, 1.54) is 0 Å². The third-order valence-electron chi connectivity index (χ3n) is 4.75. The summed E-state index contributed by atoms with van der Waals surface area (Å²) in [4.78, 5) is 12.6. The minimum atomic E-state index is 0.0459. The lowest BCUT2D eigenvalue weighted by Gasteiger charge is -2.46. The van der Waals surface area contributed by atoms with E-state index in [-0.39, 0.29) is 17.0 Å². The molecule has 0 unspecified atom stereocenters. The van der Waals surface area contributed by atoms with Crippen molar-refractivity contribution in [3.63, 3.8) is 0 Å². The number of amides is 1. The third kappa shape index (κ3) is 4.46. The number of tetrazole rings is 1. The summed E-state index contributed by atoms with van der Waals surface area (Å²) in [6.45, 7) is 10.7. The molecule has 1 saturated heterocycles. The number of aryl methyl sites for hydroxylation is 1. The summed E-state index contributed by atoms with van der Waals surface area (Å²) >= 11 is 0. The second-order valence-corrected chi connectivity index (χ2v) is 8.61. The highest BCUT2D eigenvalue weighted by molar-refractivity contribution is 5.91. The molecule has 26 heavy (non-hydrogen) atoms. The van der Waals surface area contributed by atoms with Gasteiger partial charge in [-0.25, -0.2) is 0 Å². The standard InChI is InChI=1S/C19H28N6O/c1-13-21-23-24-25(13)16-8-6-7-15(10-16)20-17(26)9-14-11-18(2,3)22-19(4,5)12-14/h6-8,10,14,22H,9,11-12H2,1-5H3,(H,20,26). The number of benzene rings is 1. The number of nitrogens with one attached hydrogen (secondary N) is 2. The Hall–Kier alpha value is -2.28. The van der Waals surface area contributed by atoms with Gasteiger partial charge >= 0.3 is 0 Å². The lowest BCUT2D eigenvalue weighted by atomic mass is 9.74. The van der Waals surface area contributed by atoms with E-state index in [2.05, 4.69) is 53.9 Å². The molecule has 0 atom stereocenters.